The molecule has 1 amide bonds. The van der Waals surface area contributed by atoms with Crippen LogP contribution in [0.2, 0.25) is 0 Å². The van der Waals surface area contributed by atoms with E-state index in [1.807, 2.05) is 0 Å². The summed E-state index contributed by atoms with van der Waals surface area (Å²) in [6.07, 6.45) is 1.52. The average Bonchev–Trinajstić information content (AvgIpc) is 2.43. The van der Waals surface area contributed by atoms with Crippen LogP contribution in [0.25, 0.3) is 0 Å². The number of piperidine rings is 1. The molecule has 1 atom stereocenters. The predicted octanol–water partition coefficient (Wildman–Crippen LogP) is 2.35. The Morgan fingerprint density at radius 3 is 2.53 bits per heavy atom. The Hall–Kier alpha value is -1.56. The molecule has 1 aliphatic heterocycles. The molecular weight excluding hydrogens is 259 g/mol. The molecule has 0 aromatic heterocycles. The third-order valence-electron chi connectivity index (χ3n) is 3.23. The Balaban J connectivity index is 2.19. The van der Waals surface area contributed by atoms with Crippen molar-refractivity contribution in [1.29, 1.82) is 0 Å². The summed E-state index contributed by atoms with van der Waals surface area (Å²) >= 11 is 0. The minimum atomic E-state index is -1.56. The van der Waals surface area contributed by atoms with E-state index in [1.165, 1.54) is 4.90 Å². The van der Waals surface area contributed by atoms with E-state index in [-0.39, 0.29) is 11.7 Å². The fourth-order valence-electron chi connectivity index (χ4n) is 2.18. The second-order valence-corrected chi connectivity index (χ2v) is 4.50. The highest BCUT2D eigenvalue weighted by atomic mass is 19.2. The second-order valence-electron chi connectivity index (χ2n) is 4.50. The van der Waals surface area contributed by atoms with Crippen molar-refractivity contribution >= 4 is 5.91 Å². The van der Waals surface area contributed by atoms with Crippen LogP contribution in [-0.4, -0.2) is 37.1 Å². The van der Waals surface area contributed by atoms with Gasteiger partial charge in [0.05, 0.1) is 6.10 Å². The average molecular weight is 273 g/mol. The molecule has 2 rings (SSSR count). The molecule has 6 heteroatoms. The van der Waals surface area contributed by atoms with Crippen LogP contribution in [0.1, 0.15) is 23.2 Å². The number of likely N-dealkylation sites (tertiary alicyclic amines) is 1. The number of amides is 1. The van der Waals surface area contributed by atoms with Gasteiger partial charge in [-0.1, -0.05) is 0 Å². The van der Waals surface area contributed by atoms with Crippen LogP contribution in [0.3, 0.4) is 0 Å². The van der Waals surface area contributed by atoms with E-state index < -0.39 is 23.4 Å². The molecule has 0 bridgehead atoms. The van der Waals surface area contributed by atoms with Crippen LogP contribution in [0, 0.1) is 17.5 Å². The van der Waals surface area contributed by atoms with Gasteiger partial charge in [-0.25, -0.2) is 13.2 Å². The third kappa shape index (κ3) is 2.89. The molecule has 1 aliphatic rings. The molecule has 1 aromatic carbocycles. The molecule has 0 N–H and O–H groups in total. The maximum absolute atomic E-state index is 13.1. The first-order chi connectivity index (χ1) is 9.02. The SMILES string of the molecule is COC1CCCN(C(=O)c2cc(F)c(F)c(F)c2)C1. The highest BCUT2D eigenvalue weighted by Crippen LogP contribution is 2.18. The second kappa shape index (κ2) is 5.61. The minimum Gasteiger partial charge on any atom is -0.380 e. The molecule has 19 heavy (non-hydrogen) atoms. The Kier molecular flexibility index (Phi) is 4.09. The molecule has 1 saturated heterocycles. The number of nitrogens with zero attached hydrogens (tertiary/aromatic N) is 1. The molecule has 1 heterocycles. The Bertz CT molecular complexity index is 470. The van der Waals surface area contributed by atoms with Crippen molar-refractivity contribution in [3.05, 3.63) is 35.1 Å². The molecule has 1 unspecified atom stereocenters. The lowest BCUT2D eigenvalue weighted by molar-refractivity contribution is 0.0268. The number of halogens is 3. The van der Waals surface area contributed by atoms with Gasteiger partial charge in [0.2, 0.25) is 0 Å². The number of ether oxygens (including phenoxy) is 1. The number of methoxy groups -OCH3 is 1. The summed E-state index contributed by atoms with van der Waals surface area (Å²) in [6, 6.07) is 1.44. The summed E-state index contributed by atoms with van der Waals surface area (Å²) < 4.78 is 44.2. The molecule has 0 spiro atoms. The van der Waals surface area contributed by atoms with Crippen molar-refractivity contribution in [3.8, 4) is 0 Å². The van der Waals surface area contributed by atoms with E-state index in [2.05, 4.69) is 0 Å². The van der Waals surface area contributed by atoms with E-state index in [0.29, 0.717) is 13.1 Å². The van der Waals surface area contributed by atoms with E-state index in [1.54, 1.807) is 7.11 Å². The van der Waals surface area contributed by atoms with Gasteiger partial charge >= 0.3 is 0 Å². The number of hydrogen-bond donors (Lipinski definition) is 0. The quantitative estimate of drug-likeness (QED) is 0.774. The van der Waals surface area contributed by atoms with Gasteiger partial charge in [-0.15, -0.1) is 0 Å². The van der Waals surface area contributed by atoms with Gasteiger partial charge in [0.1, 0.15) is 0 Å². The fourth-order valence-corrected chi connectivity index (χ4v) is 2.18. The smallest absolute Gasteiger partial charge is 0.254 e. The van der Waals surface area contributed by atoms with Gasteiger partial charge < -0.3 is 9.64 Å². The number of benzene rings is 1. The van der Waals surface area contributed by atoms with Crippen molar-refractivity contribution in [2.45, 2.75) is 18.9 Å². The third-order valence-corrected chi connectivity index (χ3v) is 3.23. The van der Waals surface area contributed by atoms with Gasteiger partial charge in [-0.2, -0.15) is 0 Å². The lowest BCUT2D eigenvalue weighted by Crippen LogP contribution is -2.43. The van der Waals surface area contributed by atoms with Crippen LogP contribution < -0.4 is 0 Å². The van der Waals surface area contributed by atoms with Crippen LogP contribution in [-0.2, 0) is 4.74 Å². The molecule has 1 fully saturated rings. The van der Waals surface area contributed by atoms with Crippen LogP contribution in [0.15, 0.2) is 12.1 Å². The zero-order chi connectivity index (χ0) is 14.0. The zero-order valence-electron chi connectivity index (χ0n) is 10.5. The molecule has 104 valence electrons. The number of hydrogen-bond acceptors (Lipinski definition) is 2. The summed E-state index contributed by atoms with van der Waals surface area (Å²) in [7, 11) is 1.55. The molecule has 1 aromatic rings. The first-order valence-corrected chi connectivity index (χ1v) is 5.99. The van der Waals surface area contributed by atoms with Gasteiger partial charge in [0, 0.05) is 25.8 Å². The van der Waals surface area contributed by atoms with Gasteiger partial charge in [-0.3, -0.25) is 4.79 Å². The van der Waals surface area contributed by atoms with E-state index in [0.717, 1.165) is 25.0 Å². The molecule has 0 saturated carbocycles. The molecular formula is C13H14F3NO2. The molecule has 0 aliphatic carbocycles. The fraction of sp³-hybridized carbons (Fsp3) is 0.462. The molecule has 0 radical (unpaired) electrons. The van der Waals surface area contributed by atoms with Crippen LogP contribution in [0.4, 0.5) is 13.2 Å². The summed E-state index contributed by atoms with van der Waals surface area (Å²) in [5.41, 5.74) is -0.187. The Morgan fingerprint density at radius 2 is 1.95 bits per heavy atom. The van der Waals surface area contributed by atoms with Gasteiger partial charge in [-0.05, 0) is 25.0 Å². The Labute approximate surface area is 109 Å². The minimum absolute atomic E-state index is 0.0761. The summed E-state index contributed by atoms with van der Waals surface area (Å²) in [4.78, 5) is 13.6. The first kappa shape index (κ1) is 13.9. The Morgan fingerprint density at radius 1 is 1.32 bits per heavy atom. The highest BCUT2D eigenvalue weighted by molar-refractivity contribution is 5.94. The van der Waals surface area contributed by atoms with Crippen LogP contribution in [0.5, 0.6) is 0 Å². The van der Waals surface area contributed by atoms with Crippen molar-refractivity contribution in [2.24, 2.45) is 0 Å². The predicted molar refractivity (Wildman–Crippen MR) is 62.3 cm³/mol. The zero-order valence-corrected chi connectivity index (χ0v) is 10.5. The monoisotopic (exact) mass is 273 g/mol. The first-order valence-electron chi connectivity index (χ1n) is 5.99. The number of carbonyl (C=O) groups excluding carboxylic acids is 1. The summed E-state index contributed by atoms with van der Waals surface area (Å²) in [5.74, 6) is -4.79. The molecule has 3 nitrogen and oxygen atoms in total. The van der Waals surface area contributed by atoms with E-state index in [4.69, 9.17) is 4.74 Å². The largest absolute Gasteiger partial charge is 0.380 e. The van der Waals surface area contributed by atoms with Crippen molar-refractivity contribution in [2.75, 3.05) is 20.2 Å². The lowest BCUT2D eigenvalue weighted by atomic mass is 10.1. The van der Waals surface area contributed by atoms with Crippen LogP contribution >= 0.6 is 0 Å². The van der Waals surface area contributed by atoms with E-state index >= 15 is 0 Å². The standard InChI is InChI=1S/C13H14F3NO2/c1-19-9-3-2-4-17(7-9)13(18)8-5-10(14)12(16)11(15)6-8/h5-6,9H,2-4,7H2,1H3. The van der Waals surface area contributed by atoms with Gasteiger partial charge in [0.15, 0.2) is 17.5 Å². The van der Waals surface area contributed by atoms with Crippen molar-refractivity contribution in [3.63, 3.8) is 0 Å². The van der Waals surface area contributed by atoms with Crippen molar-refractivity contribution < 1.29 is 22.7 Å². The van der Waals surface area contributed by atoms with Crippen molar-refractivity contribution in [1.82, 2.24) is 4.90 Å². The lowest BCUT2D eigenvalue weighted by Gasteiger charge is -2.32. The number of rotatable bonds is 2. The normalized spacial score (nSPS) is 19.6. The highest BCUT2D eigenvalue weighted by Gasteiger charge is 2.25. The topological polar surface area (TPSA) is 29.5 Å². The summed E-state index contributed by atoms with van der Waals surface area (Å²) in [6.45, 7) is 0.870. The maximum atomic E-state index is 13.1. The summed E-state index contributed by atoms with van der Waals surface area (Å²) in [5, 5.41) is 0. The number of carbonyl (C=O) groups is 1. The maximum Gasteiger partial charge on any atom is 0.254 e. The van der Waals surface area contributed by atoms with Gasteiger partial charge in [0.25, 0.3) is 5.91 Å². The van der Waals surface area contributed by atoms with E-state index in [9.17, 15) is 18.0 Å².